The minimum absolute atomic E-state index is 0.189. The molecule has 0 saturated carbocycles. The summed E-state index contributed by atoms with van der Waals surface area (Å²) in [6, 6.07) is 13.7. The van der Waals surface area contributed by atoms with Crippen molar-refractivity contribution in [3.05, 3.63) is 64.9 Å². The van der Waals surface area contributed by atoms with E-state index in [1.807, 2.05) is 31.2 Å². The number of thiazole rings is 1. The highest BCUT2D eigenvalue weighted by atomic mass is 32.1. The Bertz CT molecular complexity index is 814. The zero-order valence-electron chi connectivity index (χ0n) is 13.5. The van der Waals surface area contributed by atoms with Crippen LogP contribution in [0.2, 0.25) is 0 Å². The summed E-state index contributed by atoms with van der Waals surface area (Å²) in [5, 5.41) is 3.80. The highest BCUT2D eigenvalue weighted by Crippen LogP contribution is 2.22. The third-order valence-electron chi connectivity index (χ3n) is 3.77. The summed E-state index contributed by atoms with van der Waals surface area (Å²) in [5.74, 6) is -0.287. The number of hydrogen-bond acceptors (Lipinski definition) is 3. The molecule has 2 aromatic carbocycles. The van der Waals surface area contributed by atoms with Gasteiger partial charge < -0.3 is 10.2 Å². The third kappa shape index (κ3) is 3.71. The quantitative estimate of drug-likeness (QED) is 0.766. The summed E-state index contributed by atoms with van der Waals surface area (Å²) in [6.45, 7) is 2.32. The van der Waals surface area contributed by atoms with E-state index in [2.05, 4.69) is 10.3 Å². The Kier molecular flexibility index (Phi) is 4.76. The molecule has 0 spiro atoms. The Morgan fingerprint density at radius 1 is 1.25 bits per heavy atom. The van der Waals surface area contributed by atoms with E-state index in [1.165, 1.54) is 12.1 Å². The fourth-order valence-corrected chi connectivity index (χ4v) is 3.41. The highest BCUT2D eigenvalue weighted by Gasteiger charge is 2.15. The van der Waals surface area contributed by atoms with Gasteiger partial charge in [-0.1, -0.05) is 24.3 Å². The molecule has 0 bridgehead atoms. The molecular weight excluding hydrogens is 325 g/mol. The summed E-state index contributed by atoms with van der Waals surface area (Å²) in [7, 11) is 1.73. The maximum absolute atomic E-state index is 13.0. The van der Waals surface area contributed by atoms with Gasteiger partial charge in [-0.15, -0.1) is 11.3 Å². The van der Waals surface area contributed by atoms with Crippen LogP contribution in [0.1, 0.15) is 23.5 Å². The summed E-state index contributed by atoms with van der Waals surface area (Å²) < 4.78 is 14.1. The smallest absolute Gasteiger partial charge is 0.317 e. The molecule has 3 aromatic rings. The second-order valence-electron chi connectivity index (χ2n) is 5.65. The van der Waals surface area contributed by atoms with E-state index in [4.69, 9.17) is 0 Å². The van der Waals surface area contributed by atoms with Gasteiger partial charge in [-0.25, -0.2) is 14.2 Å². The number of aromatic nitrogens is 1. The molecule has 0 radical (unpaired) electrons. The molecule has 3 rings (SSSR count). The van der Waals surface area contributed by atoms with Crippen molar-refractivity contribution in [2.45, 2.75) is 19.5 Å². The average Bonchev–Trinajstić information content (AvgIpc) is 2.97. The SMILES string of the molecule is CC(NC(=O)N(C)Cc1nc2ccccc2s1)c1ccc(F)cc1. The third-order valence-corrected chi connectivity index (χ3v) is 4.79. The molecular formula is C18H18FN3OS. The normalized spacial score (nSPS) is 12.1. The Labute approximate surface area is 143 Å². The highest BCUT2D eigenvalue weighted by molar-refractivity contribution is 7.18. The van der Waals surface area contributed by atoms with E-state index in [9.17, 15) is 9.18 Å². The predicted octanol–water partition coefficient (Wildman–Crippen LogP) is 4.34. The lowest BCUT2D eigenvalue weighted by molar-refractivity contribution is 0.203. The average molecular weight is 343 g/mol. The van der Waals surface area contributed by atoms with Crippen molar-refractivity contribution in [1.29, 1.82) is 0 Å². The molecule has 0 aliphatic carbocycles. The van der Waals surface area contributed by atoms with Crippen LogP contribution in [-0.4, -0.2) is 23.0 Å². The van der Waals surface area contributed by atoms with Crippen molar-refractivity contribution >= 4 is 27.6 Å². The van der Waals surface area contributed by atoms with E-state index in [0.29, 0.717) is 6.54 Å². The molecule has 0 saturated heterocycles. The van der Waals surface area contributed by atoms with E-state index in [1.54, 1.807) is 35.4 Å². The Balaban J connectivity index is 1.62. The summed E-state index contributed by atoms with van der Waals surface area (Å²) in [4.78, 5) is 18.5. The lowest BCUT2D eigenvalue weighted by Gasteiger charge is -2.20. The second-order valence-corrected chi connectivity index (χ2v) is 6.77. The van der Waals surface area contributed by atoms with Gasteiger partial charge in [0.2, 0.25) is 0 Å². The number of amides is 2. The molecule has 24 heavy (non-hydrogen) atoms. The monoisotopic (exact) mass is 343 g/mol. The lowest BCUT2D eigenvalue weighted by Crippen LogP contribution is -2.38. The number of fused-ring (bicyclic) bond motifs is 1. The van der Waals surface area contributed by atoms with Gasteiger partial charge in [0.15, 0.2) is 0 Å². The van der Waals surface area contributed by atoms with Crippen LogP contribution in [0.4, 0.5) is 9.18 Å². The largest absolute Gasteiger partial charge is 0.331 e. The molecule has 0 fully saturated rings. The number of carbonyl (C=O) groups is 1. The molecule has 6 heteroatoms. The Hall–Kier alpha value is -2.47. The molecule has 1 unspecified atom stereocenters. The molecule has 2 amide bonds. The first-order chi connectivity index (χ1) is 11.5. The summed E-state index contributed by atoms with van der Waals surface area (Å²) in [6.07, 6.45) is 0. The van der Waals surface area contributed by atoms with Gasteiger partial charge in [0.1, 0.15) is 10.8 Å². The van der Waals surface area contributed by atoms with Crippen molar-refractivity contribution in [3.63, 3.8) is 0 Å². The van der Waals surface area contributed by atoms with E-state index in [0.717, 1.165) is 20.8 Å². The van der Waals surface area contributed by atoms with Crippen LogP contribution in [-0.2, 0) is 6.54 Å². The van der Waals surface area contributed by atoms with Crippen molar-refractivity contribution in [3.8, 4) is 0 Å². The number of nitrogens with one attached hydrogen (secondary N) is 1. The fourth-order valence-electron chi connectivity index (χ4n) is 2.39. The minimum atomic E-state index is -0.287. The molecule has 0 aliphatic rings. The number of para-hydroxylation sites is 1. The number of rotatable bonds is 4. The molecule has 1 heterocycles. The Morgan fingerprint density at radius 2 is 1.96 bits per heavy atom. The molecule has 4 nitrogen and oxygen atoms in total. The maximum atomic E-state index is 13.0. The molecule has 1 atom stereocenters. The first-order valence-electron chi connectivity index (χ1n) is 7.64. The second kappa shape index (κ2) is 6.97. The van der Waals surface area contributed by atoms with Gasteiger partial charge in [0, 0.05) is 7.05 Å². The number of benzene rings is 2. The van der Waals surface area contributed by atoms with E-state index in [-0.39, 0.29) is 17.9 Å². The van der Waals surface area contributed by atoms with Crippen molar-refractivity contribution in [1.82, 2.24) is 15.2 Å². The van der Waals surface area contributed by atoms with Gasteiger partial charge in [-0.3, -0.25) is 0 Å². The van der Waals surface area contributed by atoms with Crippen LogP contribution >= 0.6 is 11.3 Å². The van der Waals surface area contributed by atoms with Gasteiger partial charge in [-0.2, -0.15) is 0 Å². The molecule has 1 N–H and O–H groups in total. The number of urea groups is 1. The predicted molar refractivity (Wildman–Crippen MR) is 94.4 cm³/mol. The lowest BCUT2D eigenvalue weighted by atomic mass is 10.1. The van der Waals surface area contributed by atoms with Crippen LogP contribution < -0.4 is 5.32 Å². The number of hydrogen-bond donors (Lipinski definition) is 1. The molecule has 1 aromatic heterocycles. The van der Waals surface area contributed by atoms with Gasteiger partial charge in [0.05, 0.1) is 22.8 Å². The topological polar surface area (TPSA) is 45.2 Å². The van der Waals surface area contributed by atoms with Crippen molar-refractivity contribution < 1.29 is 9.18 Å². The maximum Gasteiger partial charge on any atom is 0.317 e. The summed E-state index contributed by atoms with van der Waals surface area (Å²) >= 11 is 1.59. The molecule has 0 aliphatic heterocycles. The Morgan fingerprint density at radius 3 is 2.67 bits per heavy atom. The van der Waals surface area contributed by atoms with Crippen molar-refractivity contribution in [2.75, 3.05) is 7.05 Å². The number of nitrogens with zero attached hydrogens (tertiary/aromatic N) is 2. The van der Waals surface area contributed by atoms with Crippen molar-refractivity contribution in [2.24, 2.45) is 0 Å². The summed E-state index contributed by atoms with van der Waals surface area (Å²) in [5.41, 5.74) is 1.81. The van der Waals surface area contributed by atoms with Crippen LogP contribution in [0.3, 0.4) is 0 Å². The van der Waals surface area contributed by atoms with Crippen LogP contribution in [0.5, 0.6) is 0 Å². The van der Waals surface area contributed by atoms with Crippen LogP contribution in [0, 0.1) is 5.82 Å². The zero-order valence-corrected chi connectivity index (χ0v) is 14.3. The molecule has 124 valence electrons. The first-order valence-corrected chi connectivity index (χ1v) is 8.46. The van der Waals surface area contributed by atoms with Crippen LogP contribution in [0.25, 0.3) is 10.2 Å². The number of carbonyl (C=O) groups excluding carboxylic acids is 1. The van der Waals surface area contributed by atoms with Gasteiger partial charge in [0.25, 0.3) is 0 Å². The first kappa shape index (κ1) is 16.4. The van der Waals surface area contributed by atoms with Gasteiger partial charge in [-0.05, 0) is 36.8 Å². The van der Waals surface area contributed by atoms with E-state index >= 15 is 0 Å². The zero-order chi connectivity index (χ0) is 17.1. The van der Waals surface area contributed by atoms with Crippen LogP contribution in [0.15, 0.2) is 48.5 Å². The van der Waals surface area contributed by atoms with E-state index < -0.39 is 0 Å². The standard InChI is InChI=1S/C18H18FN3OS/c1-12(13-7-9-14(19)10-8-13)20-18(23)22(2)11-17-21-15-5-3-4-6-16(15)24-17/h3-10,12H,11H2,1-2H3,(H,20,23). The fraction of sp³-hybridized carbons (Fsp3) is 0.222. The number of halogens is 1. The minimum Gasteiger partial charge on any atom is -0.331 e. The van der Waals surface area contributed by atoms with Gasteiger partial charge >= 0.3 is 6.03 Å².